The lowest BCUT2D eigenvalue weighted by Gasteiger charge is -2.19. The predicted octanol–water partition coefficient (Wildman–Crippen LogP) is 2.41. The van der Waals surface area contributed by atoms with Crippen molar-refractivity contribution in [3.05, 3.63) is 59.4 Å². The van der Waals surface area contributed by atoms with Crippen LogP contribution < -0.4 is 5.73 Å². The van der Waals surface area contributed by atoms with Gasteiger partial charge in [0.25, 0.3) is 0 Å². The molecule has 3 heteroatoms. The first-order valence-electron chi connectivity index (χ1n) is 5.66. The number of hydrogen-bond acceptors (Lipinski definition) is 3. The van der Waals surface area contributed by atoms with E-state index in [-0.39, 0.29) is 0 Å². The molecule has 3 rings (SSSR count). The second-order valence-corrected chi connectivity index (χ2v) is 4.24. The van der Waals surface area contributed by atoms with E-state index in [0.29, 0.717) is 11.9 Å². The van der Waals surface area contributed by atoms with Gasteiger partial charge in [0.05, 0.1) is 0 Å². The van der Waals surface area contributed by atoms with E-state index in [1.807, 2.05) is 12.4 Å². The molecule has 2 N–H and O–H groups in total. The van der Waals surface area contributed by atoms with E-state index in [2.05, 4.69) is 46.4 Å². The van der Waals surface area contributed by atoms with E-state index in [9.17, 15) is 0 Å². The molecule has 0 spiro atoms. The second-order valence-electron chi connectivity index (χ2n) is 4.24. The Labute approximate surface area is 100 Å². The van der Waals surface area contributed by atoms with Gasteiger partial charge in [0.1, 0.15) is 0 Å². The molecule has 0 aliphatic heterocycles. The number of anilines is 1. The summed E-state index contributed by atoms with van der Waals surface area (Å²) >= 11 is 0. The van der Waals surface area contributed by atoms with Crippen LogP contribution in [0.25, 0.3) is 6.08 Å². The van der Waals surface area contributed by atoms with Crippen molar-refractivity contribution >= 4 is 12.0 Å². The summed E-state index contributed by atoms with van der Waals surface area (Å²) in [6.07, 6.45) is 8.99. The molecular weight excluding hydrogens is 210 g/mol. The van der Waals surface area contributed by atoms with E-state index in [4.69, 9.17) is 5.73 Å². The molecular formula is C14H13N3. The molecule has 0 saturated carbocycles. The summed E-state index contributed by atoms with van der Waals surface area (Å²) in [4.78, 5) is 8.09. The van der Waals surface area contributed by atoms with Crippen molar-refractivity contribution in [2.75, 3.05) is 5.73 Å². The van der Waals surface area contributed by atoms with Crippen LogP contribution in [0, 0.1) is 0 Å². The fourth-order valence-corrected chi connectivity index (χ4v) is 2.18. The number of hydrogen-bond donors (Lipinski definition) is 1. The first-order chi connectivity index (χ1) is 8.33. The molecule has 1 unspecified atom stereocenters. The van der Waals surface area contributed by atoms with E-state index in [1.54, 1.807) is 0 Å². The number of rotatable bonds is 1. The Hall–Kier alpha value is -2.16. The molecule has 1 heterocycles. The van der Waals surface area contributed by atoms with Gasteiger partial charge >= 0.3 is 0 Å². The summed E-state index contributed by atoms with van der Waals surface area (Å²) in [6, 6.07) is 8.45. The van der Waals surface area contributed by atoms with Gasteiger partial charge in [-0.2, -0.15) is 0 Å². The Kier molecular flexibility index (Phi) is 2.37. The van der Waals surface area contributed by atoms with E-state index in [0.717, 1.165) is 12.0 Å². The maximum Gasteiger partial charge on any atom is 0.219 e. The van der Waals surface area contributed by atoms with Gasteiger partial charge in [-0.15, -0.1) is 0 Å². The fourth-order valence-electron chi connectivity index (χ4n) is 2.18. The third-order valence-electron chi connectivity index (χ3n) is 3.12. The average molecular weight is 223 g/mol. The maximum atomic E-state index is 5.49. The molecule has 17 heavy (non-hydrogen) atoms. The summed E-state index contributed by atoms with van der Waals surface area (Å²) in [6.45, 7) is 0. The van der Waals surface area contributed by atoms with Crippen molar-refractivity contribution in [2.24, 2.45) is 0 Å². The van der Waals surface area contributed by atoms with Gasteiger partial charge in [-0.05, 0) is 23.1 Å². The highest BCUT2D eigenvalue weighted by Crippen LogP contribution is 2.29. The molecule has 1 aromatic heterocycles. The number of fused-ring (bicyclic) bond motifs is 1. The van der Waals surface area contributed by atoms with Crippen LogP contribution in [0.3, 0.4) is 0 Å². The Bertz CT molecular complexity index is 558. The van der Waals surface area contributed by atoms with Gasteiger partial charge < -0.3 is 5.73 Å². The smallest absolute Gasteiger partial charge is 0.219 e. The highest BCUT2D eigenvalue weighted by molar-refractivity contribution is 5.58. The van der Waals surface area contributed by atoms with Crippen molar-refractivity contribution in [3.8, 4) is 0 Å². The standard InChI is InChI=1S/C14H13N3/c15-14-16-8-13(9-17-14)12-6-5-10-3-1-2-4-11(10)7-12/h1-6,8-9,12H,7H2,(H2,15,16,17). The minimum Gasteiger partial charge on any atom is -0.368 e. The molecule has 1 aliphatic rings. The van der Waals surface area contributed by atoms with Crippen LogP contribution in [0.2, 0.25) is 0 Å². The topological polar surface area (TPSA) is 51.8 Å². The van der Waals surface area contributed by atoms with Gasteiger partial charge in [0, 0.05) is 18.3 Å². The molecule has 0 bridgehead atoms. The lowest BCUT2D eigenvalue weighted by atomic mass is 9.86. The van der Waals surface area contributed by atoms with Gasteiger partial charge in [0.15, 0.2) is 0 Å². The van der Waals surface area contributed by atoms with Gasteiger partial charge in [-0.1, -0.05) is 36.4 Å². The number of nitrogens with zero attached hydrogens (tertiary/aromatic N) is 2. The van der Waals surface area contributed by atoms with Gasteiger partial charge in [-0.25, -0.2) is 9.97 Å². The summed E-state index contributed by atoms with van der Waals surface area (Å²) in [7, 11) is 0. The minimum atomic E-state index is 0.328. The van der Waals surface area contributed by atoms with E-state index >= 15 is 0 Å². The molecule has 0 saturated heterocycles. The number of benzene rings is 1. The number of aromatic nitrogens is 2. The number of nitrogens with two attached hydrogens (primary N) is 1. The molecule has 0 fully saturated rings. The summed E-state index contributed by atoms with van der Waals surface area (Å²) < 4.78 is 0. The predicted molar refractivity (Wildman–Crippen MR) is 68.4 cm³/mol. The zero-order valence-electron chi connectivity index (χ0n) is 9.38. The minimum absolute atomic E-state index is 0.328. The SMILES string of the molecule is Nc1ncc(C2C=Cc3ccccc3C2)cn1. The van der Waals surface area contributed by atoms with Crippen LogP contribution in [0.4, 0.5) is 5.95 Å². The number of allylic oxidation sites excluding steroid dienone is 1. The highest BCUT2D eigenvalue weighted by atomic mass is 15.0. The third-order valence-corrected chi connectivity index (χ3v) is 3.12. The fraction of sp³-hybridized carbons (Fsp3) is 0.143. The molecule has 3 nitrogen and oxygen atoms in total. The zero-order chi connectivity index (χ0) is 11.7. The Morgan fingerprint density at radius 2 is 1.88 bits per heavy atom. The largest absolute Gasteiger partial charge is 0.368 e. The summed E-state index contributed by atoms with van der Waals surface area (Å²) in [5.41, 5.74) is 9.29. The Morgan fingerprint density at radius 1 is 1.12 bits per heavy atom. The molecule has 0 radical (unpaired) electrons. The van der Waals surface area contributed by atoms with Crippen LogP contribution in [0.1, 0.15) is 22.6 Å². The molecule has 2 aromatic rings. The van der Waals surface area contributed by atoms with Crippen molar-refractivity contribution in [1.82, 2.24) is 9.97 Å². The maximum absolute atomic E-state index is 5.49. The molecule has 84 valence electrons. The van der Waals surface area contributed by atoms with Crippen LogP contribution >= 0.6 is 0 Å². The molecule has 1 aliphatic carbocycles. The van der Waals surface area contributed by atoms with E-state index < -0.39 is 0 Å². The van der Waals surface area contributed by atoms with Crippen LogP contribution in [-0.2, 0) is 6.42 Å². The molecule has 0 amide bonds. The quantitative estimate of drug-likeness (QED) is 0.807. The van der Waals surface area contributed by atoms with Crippen molar-refractivity contribution in [3.63, 3.8) is 0 Å². The monoisotopic (exact) mass is 223 g/mol. The van der Waals surface area contributed by atoms with Gasteiger partial charge in [-0.3, -0.25) is 0 Å². The lowest BCUT2D eigenvalue weighted by Crippen LogP contribution is -2.07. The Morgan fingerprint density at radius 3 is 2.71 bits per heavy atom. The molecule has 1 aromatic carbocycles. The Balaban J connectivity index is 1.92. The third kappa shape index (κ3) is 1.91. The summed E-state index contributed by atoms with van der Waals surface area (Å²) in [5, 5.41) is 0. The van der Waals surface area contributed by atoms with Crippen LogP contribution in [0.5, 0.6) is 0 Å². The van der Waals surface area contributed by atoms with Crippen LogP contribution in [0.15, 0.2) is 42.7 Å². The molecule has 1 atom stereocenters. The average Bonchev–Trinajstić information content (AvgIpc) is 2.39. The second kappa shape index (κ2) is 4.01. The van der Waals surface area contributed by atoms with Crippen LogP contribution in [-0.4, -0.2) is 9.97 Å². The van der Waals surface area contributed by atoms with Crippen molar-refractivity contribution in [1.29, 1.82) is 0 Å². The van der Waals surface area contributed by atoms with Gasteiger partial charge in [0.2, 0.25) is 5.95 Å². The van der Waals surface area contributed by atoms with Crippen molar-refractivity contribution < 1.29 is 0 Å². The normalized spacial score (nSPS) is 17.8. The first kappa shape index (κ1) is 10.0. The highest BCUT2D eigenvalue weighted by Gasteiger charge is 2.15. The van der Waals surface area contributed by atoms with E-state index in [1.165, 1.54) is 11.1 Å². The first-order valence-corrected chi connectivity index (χ1v) is 5.66. The summed E-state index contributed by atoms with van der Waals surface area (Å²) in [5.74, 6) is 0.680. The van der Waals surface area contributed by atoms with Crippen molar-refractivity contribution in [2.45, 2.75) is 12.3 Å². The zero-order valence-corrected chi connectivity index (χ0v) is 9.38. The number of nitrogen functional groups attached to an aromatic ring is 1. The lowest BCUT2D eigenvalue weighted by molar-refractivity contribution is 0.814.